The maximum atomic E-state index is 10.2. The van der Waals surface area contributed by atoms with E-state index in [4.69, 9.17) is 4.84 Å². The molecular weight excluding hydrogens is 192 g/mol. The van der Waals surface area contributed by atoms with Crippen molar-refractivity contribution in [3.8, 4) is 0 Å². The Balaban J connectivity index is 1.74. The van der Waals surface area contributed by atoms with Gasteiger partial charge in [-0.2, -0.15) is 0 Å². The van der Waals surface area contributed by atoms with Crippen LogP contribution in [0.25, 0.3) is 0 Å². The maximum absolute atomic E-state index is 10.2. The Labute approximate surface area is 90.9 Å². The van der Waals surface area contributed by atoms with Crippen LogP contribution in [0.2, 0.25) is 0 Å². The van der Waals surface area contributed by atoms with Crippen LogP contribution in [-0.2, 0) is 9.63 Å². The summed E-state index contributed by atoms with van der Waals surface area (Å²) in [5, 5.41) is 5.18. The topological polar surface area (TPSA) is 41.6 Å². The Kier molecular flexibility index (Phi) is 3.97. The summed E-state index contributed by atoms with van der Waals surface area (Å²) in [7, 11) is 0. The van der Waals surface area contributed by atoms with Crippen molar-refractivity contribution in [1.82, 2.24) is 10.4 Å². The standard InChI is InChI=1S/C11H20N2O2/c14-9-15-13-7-3-11(4-8-13)10-1-5-12-6-2-10/h9-12H,1-8H2. The van der Waals surface area contributed by atoms with Gasteiger partial charge in [0, 0.05) is 13.1 Å². The normalized spacial score (nSPS) is 26.4. The van der Waals surface area contributed by atoms with Gasteiger partial charge in [0.15, 0.2) is 0 Å². The first kappa shape index (κ1) is 10.9. The zero-order valence-corrected chi connectivity index (χ0v) is 9.15. The fourth-order valence-electron chi connectivity index (χ4n) is 2.83. The van der Waals surface area contributed by atoms with Crippen LogP contribution in [0.3, 0.4) is 0 Å². The number of piperidine rings is 2. The van der Waals surface area contributed by atoms with E-state index in [2.05, 4.69) is 5.32 Å². The van der Waals surface area contributed by atoms with E-state index in [9.17, 15) is 4.79 Å². The molecule has 4 nitrogen and oxygen atoms in total. The SMILES string of the molecule is O=CON1CCC(C2CCNCC2)CC1. The fraction of sp³-hybridized carbons (Fsp3) is 0.909. The first-order valence-electron chi connectivity index (χ1n) is 5.96. The minimum atomic E-state index is 0.533. The summed E-state index contributed by atoms with van der Waals surface area (Å²) in [6.07, 6.45) is 5.00. The van der Waals surface area contributed by atoms with Gasteiger partial charge in [0.2, 0.25) is 0 Å². The number of hydrogen-bond acceptors (Lipinski definition) is 4. The van der Waals surface area contributed by atoms with Crippen LogP contribution < -0.4 is 5.32 Å². The van der Waals surface area contributed by atoms with Crippen LogP contribution in [0.1, 0.15) is 25.7 Å². The van der Waals surface area contributed by atoms with Crippen LogP contribution in [0, 0.1) is 11.8 Å². The number of nitrogens with zero attached hydrogens (tertiary/aromatic N) is 1. The number of hydroxylamine groups is 2. The van der Waals surface area contributed by atoms with Crippen molar-refractivity contribution < 1.29 is 9.63 Å². The molecule has 0 bridgehead atoms. The van der Waals surface area contributed by atoms with Crippen molar-refractivity contribution in [1.29, 1.82) is 0 Å². The molecule has 0 aromatic carbocycles. The number of hydrogen-bond donors (Lipinski definition) is 1. The van der Waals surface area contributed by atoms with Crippen molar-refractivity contribution in [3.63, 3.8) is 0 Å². The maximum Gasteiger partial charge on any atom is 0.312 e. The van der Waals surface area contributed by atoms with Crippen molar-refractivity contribution in [2.75, 3.05) is 26.2 Å². The highest BCUT2D eigenvalue weighted by molar-refractivity contribution is 5.36. The zero-order valence-electron chi connectivity index (χ0n) is 9.15. The highest BCUT2D eigenvalue weighted by Gasteiger charge is 2.27. The summed E-state index contributed by atoms with van der Waals surface area (Å²) in [5.74, 6) is 1.74. The molecule has 0 atom stereocenters. The third kappa shape index (κ3) is 2.92. The van der Waals surface area contributed by atoms with E-state index in [1.807, 2.05) is 0 Å². The van der Waals surface area contributed by atoms with Gasteiger partial charge >= 0.3 is 6.47 Å². The molecule has 2 aliphatic heterocycles. The number of rotatable bonds is 3. The Morgan fingerprint density at radius 3 is 2.27 bits per heavy atom. The minimum absolute atomic E-state index is 0.533. The number of carbonyl (C=O) groups is 1. The second-order valence-electron chi connectivity index (χ2n) is 4.56. The lowest BCUT2D eigenvalue weighted by Gasteiger charge is -2.36. The van der Waals surface area contributed by atoms with Crippen molar-refractivity contribution >= 4 is 6.47 Å². The van der Waals surface area contributed by atoms with E-state index in [0.717, 1.165) is 24.9 Å². The molecule has 2 heterocycles. The monoisotopic (exact) mass is 212 g/mol. The summed E-state index contributed by atoms with van der Waals surface area (Å²) in [4.78, 5) is 15.0. The first-order chi connectivity index (χ1) is 7.40. The molecular formula is C11H20N2O2. The van der Waals surface area contributed by atoms with Crippen molar-refractivity contribution in [2.45, 2.75) is 25.7 Å². The van der Waals surface area contributed by atoms with Gasteiger partial charge in [-0.3, -0.25) is 4.79 Å². The van der Waals surface area contributed by atoms with Crippen LogP contribution in [0.5, 0.6) is 0 Å². The lowest BCUT2D eigenvalue weighted by Crippen LogP contribution is -2.39. The second-order valence-corrected chi connectivity index (χ2v) is 4.56. The van der Waals surface area contributed by atoms with E-state index < -0.39 is 0 Å². The Morgan fingerprint density at radius 2 is 1.67 bits per heavy atom. The van der Waals surface area contributed by atoms with E-state index in [1.165, 1.54) is 38.8 Å². The highest BCUT2D eigenvalue weighted by atomic mass is 16.7. The number of carbonyl (C=O) groups excluding carboxylic acids is 1. The summed E-state index contributed by atoms with van der Waals surface area (Å²) < 4.78 is 0. The summed E-state index contributed by atoms with van der Waals surface area (Å²) in [6, 6.07) is 0. The molecule has 0 aromatic rings. The smallest absolute Gasteiger partial charge is 0.312 e. The van der Waals surface area contributed by atoms with Gasteiger partial charge in [-0.25, -0.2) is 0 Å². The van der Waals surface area contributed by atoms with E-state index in [1.54, 1.807) is 5.06 Å². The first-order valence-corrected chi connectivity index (χ1v) is 5.96. The average molecular weight is 212 g/mol. The molecule has 86 valence electrons. The molecule has 0 saturated carbocycles. The predicted molar refractivity (Wildman–Crippen MR) is 57.0 cm³/mol. The highest BCUT2D eigenvalue weighted by Crippen LogP contribution is 2.30. The molecule has 1 N–H and O–H groups in total. The van der Waals surface area contributed by atoms with Gasteiger partial charge in [0.05, 0.1) is 0 Å². The Hall–Kier alpha value is -0.610. The van der Waals surface area contributed by atoms with Crippen LogP contribution in [0.15, 0.2) is 0 Å². The Bertz CT molecular complexity index is 197. The molecule has 2 fully saturated rings. The zero-order chi connectivity index (χ0) is 10.5. The van der Waals surface area contributed by atoms with Gasteiger partial charge in [-0.15, -0.1) is 5.06 Å². The molecule has 0 aromatic heterocycles. The quantitative estimate of drug-likeness (QED) is 0.702. The van der Waals surface area contributed by atoms with Gasteiger partial charge in [0.1, 0.15) is 0 Å². The molecule has 0 radical (unpaired) electrons. The molecule has 15 heavy (non-hydrogen) atoms. The molecule has 4 heteroatoms. The van der Waals surface area contributed by atoms with Crippen molar-refractivity contribution in [2.24, 2.45) is 11.8 Å². The second kappa shape index (κ2) is 5.47. The van der Waals surface area contributed by atoms with Crippen LogP contribution in [-0.4, -0.2) is 37.7 Å². The summed E-state index contributed by atoms with van der Waals surface area (Å²) >= 11 is 0. The molecule has 0 aliphatic carbocycles. The van der Waals surface area contributed by atoms with Gasteiger partial charge < -0.3 is 10.2 Å². The molecule has 0 amide bonds. The lowest BCUT2D eigenvalue weighted by atomic mass is 9.79. The Morgan fingerprint density at radius 1 is 1.07 bits per heavy atom. The molecule has 2 rings (SSSR count). The summed E-state index contributed by atoms with van der Waals surface area (Å²) in [6.45, 7) is 4.71. The lowest BCUT2D eigenvalue weighted by molar-refractivity contribution is -0.181. The minimum Gasteiger partial charge on any atom is -0.371 e. The van der Waals surface area contributed by atoms with Gasteiger partial charge in [-0.1, -0.05) is 0 Å². The van der Waals surface area contributed by atoms with Gasteiger partial charge in [-0.05, 0) is 50.6 Å². The van der Waals surface area contributed by atoms with Crippen LogP contribution in [0.4, 0.5) is 0 Å². The predicted octanol–water partition coefficient (Wildman–Crippen LogP) is 0.786. The van der Waals surface area contributed by atoms with Gasteiger partial charge in [0.25, 0.3) is 0 Å². The molecule has 2 aliphatic rings. The molecule has 0 spiro atoms. The van der Waals surface area contributed by atoms with E-state index >= 15 is 0 Å². The van der Waals surface area contributed by atoms with Crippen LogP contribution >= 0.6 is 0 Å². The molecule has 2 saturated heterocycles. The van der Waals surface area contributed by atoms with E-state index in [-0.39, 0.29) is 0 Å². The fourth-order valence-corrected chi connectivity index (χ4v) is 2.83. The molecule has 0 unspecified atom stereocenters. The average Bonchev–Trinajstić information content (AvgIpc) is 2.32. The third-order valence-corrected chi connectivity index (χ3v) is 3.74. The van der Waals surface area contributed by atoms with E-state index in [0.29, 0.717) is 6.47 Å². The largest absolute Gasteiger partial charge is 0.371 e. The van der Waals surface area contributed by atoms with Crippen molar-refractivity contribution in [3.05, 3.63) is 0 Å². The summed E-state index contributed by atoms with van der Waals surface area (Å²) in [5.41, 5.74) is 0. The number of nitrogens with one attached hydrogen (secondary N) is 1. The third-order valence-electron chi connectivity index (χ3n) is 3.74.